The third-order valence-corrected chi connectivity index (χ3v) is 20.5. The molecule has 0 bridgehead atoms. The summed E-state index contributed by atoms with van der Waals surface area (Å²) >= 11 is 0. The van der Waals surface area contributed by atoms with Crippen LogP contribution in [0.4, 0.5) is 45.5 Å². The summed E-state index contributed by atoms with van der Waals surface area (Å²) in [6, 6.07) is 66.6. The van der Waals surface area contributed by atoms with Gasteiger partial charge in [-0.3, -0.25) is 0 Å². The van der Waals surface area contributed by atoms with E-state index in [0.29, 0.717) is 0 Å². The van der Waals surface area contributed by atoms with Gasteiger partial charge >= 0.3 is 0 Å². The topological polar surface area (TPSA) is 9.72 Å². The van der Waals surface area contributed by atoms with Crippen LogP contribution >= 0.6 is 0 Å². The first-order valence-electron chi connectivity index (χ1n) is 28.3. The van der Waals surface area contributed by atoms with Crippen LogP contribution in [0, 0.1) is 0 Å². The van der Waals surface area contributed by atoms with Crippen LogP contribution in [0.1, 0.15) is 124 Å². The van der Waals surface area contributed by atoms with Crippen LogP contribution in [-0.2, 0) is 21.7 Å². The summed E-state index contributed by atoms with van der Waals surface area (Å²) in [5.41, 5.74) is 24.3. The highest BCUT2D eigenvalue weighted by Gasteiger charge is 2.58. The minimum Gasteiger partial charge on any atom is -0.334 e. The smallest absolute Gasteiger partial charge is 0.252 e. The lowest BCUT2D eigenvalue weighted by Gasteiger charge is -2.51. The van der Waals surface area contributed by atoms with Crippen LogP contribution in [0.5, 0.6) is 0 Å². The van der Waals surface area contributed by atoms with Crippen LogP contribution in [0.25, 0.3) is 22.3 Å². The fraction of sp³-hybridized carbons (Fsp3) is 0.324. The van der Waals surface area contributed by atoms with Gasteiger partial charge in [-0.05, 0) is 152 Å². The number of anilines is 8. The highest BCUT2D eigenvalue weighted by molar-refractivity contribution is 7.00. The lowest BCUT2D eigenvalue weighted by Crippen LogP contribution is -2.61. The molecule has 8 aromatic carbocycles. The van der Waals surface area contributed by atoms with E-state index in [1.807, 2.05) is 0 Å². The van der Waals surface area contributed by atoms with Gasteiger partial charge < -0.3 is 14.7 Å². The SMILES string of the molecule is CC(C)(C)c1ccc(N2c3cc(N4c5ccc([Si](C)(C)C)cc5C5(C)CCCCC45C)ccc3B3c4cc(-c5ccccc5)ccc4N(c4ccc(C(C)(C)C)cc4-c4ccccc4)c4cc(C(C)(C)C)cc2c43)cc1. The first kappa shape index (κ1) is 50.3. The summed E-state index contributed by atoms with van der Waals surface area (Å²) < 4.78 is 0. The molecule has 1 fully saturated rings. The Bertz CT molecular complexity index is 3570. The van der Waals surface area contributed by atoms with Crippen LogP contribution in [0.3, 0.4) is 0 Å². The average molecular weight is 1010 g/mol. The first-order valence-corrected chi connectivity index (χ1v) is 31.8. The molecule has 0 N–H and O–H groups in total. The Morgan fingerprint density at radius 2 is 1.01 bits per heavy atom. The van der Waals surface area contributed by atoms with Crippen LogP contribution in [0.2, 0.25) is 19.6 Å². The zero-order valence-electron chi connectivity index (χ0n) is 47.9. The van der Waals surface area contributed by atoms with Crippen molar-refractivity contribution in [2.75, 3.05) is 14.7 Å². The standard InChI is InChI=1S/C71H78BN3Si/c1-67(2,3)50-28-31-53(32-29-50)73-63-45-54(75-61-38-34-55(76(12,13)14)46-57(61)70(10)39-21-22-40-71(70,75)11)33-35-58(63)72-59-41-49(47-23-17-15-18-24-47)27-36-62(59)74(65-44-52(69(7,8)9)43-64(73)66(65)72)60-37-30-51(68(4,5)6)42-56(60)48-25-19-16-20-26-48/h15-20,23-38,41-46H,21-22,39-40H2,1-14H3. The first-order chi connectivity index (χ1) is 36.0. The Hall–Kier alpha value is -6.56. The van der Waals surface area contributed by atoms with Gasteiger partial charge in [0.1, 0.15) is 0 Å². The van der Waals surface area contributed by atoms with Crippen molar-refractivity contribution in [1.29, 1.82) is 0 Å². The van der Waals surface area contributed by atoms with Crippen molar-refractivity contribution >= 4 is 81.9 Å². The molecule has 5 heteroatoms. The Labute approximate surface area is 457 Å². The quantitative estimate of drug-likeness (QED) is 0.154. The summed E-state index contributed by atoms with van der Waals surface area (Å²) in [6.45, 7) is 33.8. The van der Waals surface area contributed by atoms with E-state index in [2.05, 4.69) is 280 Å². The minimum atomic E-state index is -1.58. The Kier molecular flexibility index (Phi) is 11.6. The summed E-state index contributed by atoms with van der Waals surface area (Å²) in [7, 11) is -1.58. The second-order valence-corrected chi connectivity index (χ2v) is 32.5. The molecule has 3 nitrogen and oxygen atoms in total. The second-order valence-electron chi connectivity index (χ2n) is 27.4. The molecule has 3 heterocycles. The third-order valence-electron chi connectivity index (χ3n) is 18.4. The molecule has 2 unspecified atom stereocenters. The monoisotopic (exact) mass is 1010 g/mol. The van der Waals surface area contributed by atoms with Crippen molar-refractivity contribution in [2.45, 2.75) is 149 Å². The summed E-state index contributed by atoms with van der Waals surface area (Å²) in [5, 5.41) is 1.56. The van der Waals surface area contributed by atoms with Gasteiger partial charge in [0.25, 0.3) is 6.71 Å². The lowest BCUT2D eigenvalue weighted by atomic mass is 9.33. The van der Waals surface area contributed by atoms with Gasteiger partial charge in [-0.1, -0.05) is 216 Å². The van der Waals surface area contributed by atoms with E-state index < -0.39 is 8.07 Å². The van der Waals surface area contributed by atoms with Gasteiger partial charge in [-0.2, -0.15) is 0 Å². The molecule has 3 aliphatic heterocycles. The van der Waals surface area contributed by atoms with Crippen molar-refractivity contribution in [3.05, 3.63) is 192 Å². The Balaban J connectivity index is 1.18. The normalized spacial score (nSPS) is 19.0. The Morgan fingerprint density at radius 3 is 1.66 bits per heavy atom. The van der Waals surface area contributed by atoms with E-state index in [4.69, 9.17) is 0 Å². The molecule has 0 aromatic heterocycles. The molecule has 8 aromatic rings. The van der Waals surface area contributed by atoms with Gasteiger partial charge in [0.05, 0.1) is 19.3 Å². The summed E-state index contributed by atoms with van der Waals surface area (Å²) in [5.74, 6) is 0. The molecule has 4 aliphatic rings. The molecule has 384 valence electrons. The fourth-order valence-corrected chi connectivity index (χ4v) is 14.8. The molecule has 76 heavy (non-hydrogen) atoms. The highest BCUT2D eigenvalue weighted by Crippen LogP contribution is 2.61. The summed E-state index contributed by atoms with van der Waals surface area (Å²) in [4.78, 5) is 8.11. The molecule has 2 atom stereocenters. The van der Waals surface area contributed by atoms with Gasteiger partial charge in [-0.25, -0.2) is 0 Å². The van der Waals surface area contributed by atoms with E-state index in [0.717, 1.165) is 6.42 Å². The van der Waals surface area contributed by atoms with Crippen molar-refractivity contribution in [2.24, 2.45) is 0 Å². The van der Waals surface area contributed by atoms with E-state index in [1.165, 1.54) is 120 Å². The lowest BCUT2D eigenvalue weighted by molar-refractivity contribution is 0.195. The van der Waals surface area contributed by atoms with Crippen LogP contribution in [0.15, 0.2) is 170 Å². The number of benzene rings is 8. The van der Waals surface area contributed by atoms with Crippen LogP contribution < -0.4 is 36.3 Å². The van der Waals surface area contributed by atoms with Gasteiger partial charge in [-0.15, -0.1) is 0 Å². The maximum atomic E-state index is 2.81. The molecule has 12 rings (SSSR count). The highest BCUT2D eigenvalue weighted by atomic mass is 28.3. The van der Waals surface area contributed by atoms with Gasteiger partial charge in [0.15, 0.2) is 0 Å². The average Bonchev–Trinajstić information content (AvgIpc) is 3.76. The molecular formula is C71H78BN3Si. The van der Waals surface area contributed by atoms with Crippen molar-refractivity contribution in [3.63, 3.8) is 0 Å². The zero-order valence-corrected chi connectivity index (χ0v) is 48.9. The molecule has 0 radical (unpaired) electrons. The largest absolute Gasteiger partial charge is 0.334 e. The number of nitrogens with zero attached hydrogens (tertiary/aromatic N) is 3. The predicted molar refractivity (Wildman–Crippen MR) is 333 cm³/mol. The fourth-order valence-electron chi connectivity index (χ4n) is 13.7. The van der Waals surface area contributed by atoms with E-state index in [9.17, 15) is 0 Å². The van der Waals surface area contributed by atoms with E-state index in [1.54, 1.807) is 10.8 Å². The molecule has 0 amide bonds. The number of fused-ring (bicyclic) bond motifs is 7. The van der Waals surface area contributed by atoms with Crippen molar-refractivity contribution in [3.8, 4) is 22.3 Å². The van der Waals surface area contributed by atoms with E-state index >= 15 is 0 Å². The van der Waals surface area contributed by atoms with Crippen molar-refractivity contribution < 1.29 is 0 Å². The molecular weight excluding hydrogens is 934 g/mol. The number of rotatable bonds is 6. The van der Waals surface area contributed by atoms with Crippen molar-refractivity contribution in [1.82, 2.24) is 0 Å². The van der Waals surface area contributed by atoms with Crippen LogP contribution in [-0.4, -0.2) is 20.3 Å². The van der Waals surface area contributed by atoms with Gasteiger partial charge in [0.2, 0.25) is 0 Å². The minimum absolute atomic E-state index is 0.0160. The molecule has 0 saturated heterocycles. The number of hydrogen-bond donors (Lipinski definition) is 0. The summed E-state index contributed by atoms with van der Waals surface area (Å²) in [6.07, 6.45) is 4.87. The van der Waals surface area contributed by atoms with E-state index in [-0.39, 0.29) is 33.9 Å². The zero-order chi connectivity index (χ0) is 53.5. The predicted octanol–water partition coefficient (Wildman–Crippen LogP) is 17.3. The maximum Gasteiger partial charge on any atom is 0.252 e. The maximum absolute atomic E-state index is 2.81. The molecule has 0 spiro atoms. The third kappa shape index (κ3) is 7.96. The Morgan fingerprint density at radius 1 is 0.434 bits per heavy atom. The second kappa shape index (κ2) is 17.5. The number of hydrogen-bond acceptors (Lipinski definition) is 3. The van der Waals surface area contributed by atoms with Gasteiger partial charge in [0, 0.05) is 50.8 Å². The molecule has 1 saturated carbocycles. The molecule has 1 aliphatic carbocycles.